The predicted molar refractivity (Wildman–Crippen MR) is 74.7 cm³/mol. The number of aromatic nitrogens is 3. The molecule has 0 spiro atoms. The van der Waals surface area contributed by atoms with Gasteiger partial charge in [-0.05, 0) is 41.6 Å². The second kappa shape index (κ2) is 4.65. The van der Waals surface area contributed by atoms with Crippen LogP contribution in [0, 0.1) is 0 Å². The monoisotopic (exact) mass is 268 g/mol. The lowest BCUT2D eigenvalue weighted by Crippen LogP contribution is -2.25. The molecule has 100 valence electrons. The molecule has 1 aromatic heterocycles. The molecule has 1 heterocycles. The van der Waals surface area contributed by atoms with E-state index >= 15 is 0 Å². The van der Waals surface area contributed by atoms with E-state index in [4.69, 9.17) is 5.11 Å². The van der Waals surface area contributed by atoms with Crippen molar-refractivity contribution in [3.05, 3.63) is 54.1 Å². The van der Waals surface area contributed by atoms with Gasteiger partial charge in [-0.25, -0.2) is 4.79 Å². The van der Waals surface area contributed by atoms with Crippen molar-refractivity contribution in [3.63, 3.8) is 0 Å². The van der Waals surface area contributed by atoms with Gasteiger partial charge >= 0.3 is 5.97 Å². The van der Waals surface area contributed by atoms with Crippen molar-refractivity contribution in [2.24, 2.45) is 0 Å². The molecule has 6 heteroatoms. The van der Waals surface area contributed by atoms with Crippen molar-refractivity contribution in [1.82, 2.24) is 15.1 Å². The van der Waals surface area contributed by atoms with Gasteiger partial charge in [-0.2, -0.15) is 4.79 Å². The Balaban J connectivity index is 1.99. The van der Waals surface area contributed by atoms with Crippen LogP contribution in [0.15, 0.2) is 48.5 Å². The van der Waals surface area contributed by atoms with Gasteiger partial charge in [-0.3, -0.25) is 5.01 Å². The zero-order valence-electron chi connectivity index (χ0n) is 10.8. The highest BCUT2D eigenvalue weighted by atomic mass is 16.4. The average molecular weight is 268 g/mol. The number of para-hydroxylation sites is 1. The SMILES string of the molecule is CN(c1ccc(C(=O)O)cc1)n1nnc2ccccc21. The molecule has 0 amide bonds. The van der Waals surface area contributed by atoms with E-state index < -0.39 is 5.97 Å². The third kappa shape index (κ3) is 1.97. The van der Waals surface area contributed by atoms with E-state index in [1.54, 1.807) is 34.1 Å². The van der Waals surface area contributed by atoms with Crippen LogP contribution in [0.1, 0.15) is 10.4 Å². The van der Waals surface area contributed by atoms with Crippen LogP contribution < -0.4 is 5.01 Å². The number of carbonyl (C=O) groups is 1. The molecule has 0 bridgehead atoms. The van der Waals surface area contributed by atoms with Crippen molar-refractivity contribution < 1.29 is 9.90 Å². The summed E-state index contributed by atoms with van der Waals surface area (Å²) in [5.74, 6) is -0.939. The van der Waals surface area contributed by atoms with E-state index in [2.05, 4.69) is 10.3 Å². The third-order valence-electron chi connectivity index (χ3n) is 3.11. The van der Waals surface area contributed by atoms with Crippen molar-refractivity contribution >= 4 is 22.7 Å². The Kier molecular flexibility index (Phi) is 2.83. The zero-order valence-corrected chi connectivity index (χ0v) is 10.8. The molecule has 0 aliphatic rings. The number of anilines is 1. The van der Waals surface area contributed by atoms with E-state index in [1.807, 2.05) is 31.3 Å². The van der Waals surface area contributed by atoms with Gasteiger partial charge < -0.3 is 5.11 Å². The number of rotatable bonds is 3. The highest BCUT2D eigenvalue weighted by Crippen LogP contribution is 2.17. The van der Waals surface area contributed by atoms with Crippen LogP contribution in [0.3, 0.4) is 0 Å². The number of aromatic carboxylic acids is 1. The maximum atomic E-state index is 10.8. The third-order valence-corrected chi connectivity index (χ3v) is 3.11. The standard InChI is InChI=1S/C14H12N4O2/c1-17(11-8-6-10(7-9-11)14(19)20)18-13-5-3-2-4-12(13)15-16-18/h2-9H,1H3,(H,19,20). The van der Waals surface area contributed by atoms with Crippen LogP contribution >= 0.6 is 0 Å². The molecule has 0 unspecified atom stereocenters. The topological polar surface area (TPSA) is 71.2 Å². The minimum atomic E-state index is -0.939. The summed E-state index contributed by atoms with van der Waals surface area (Å²) in [6.45, 7) is 0. The smallest absolute Gasteiger partial charge is 0.335 e. The highest BCUT2D eigenvalue weighted by Gasteiger charge is 2.10. The van der Waals surface area contributed by atoms with Gasteiger partial charge in [0.1, 0.15) is 11.0 Å². The van der Waals surface area contributed by atoms with Gasteiger partial charge in [0.2, 0.25) is 0 Å². The van der Waals surface area contributed by atoms with Crippen LogP contribution in [0.2, 0.25) is 0 Å². The van der Waals surface area contributed by atoms with Crippen LogP contribution in [-0.2, 0) is 0 Å². The van der Waals surface area contributed by atoms with E-state index in [1.165, 1.54) is 0 Å². The molecule has 3 rings (SSSR count). The van der Waals surface area contributed by atoms with E-state index in [-0.39, 0.29) is 5.56 Å². The molecule has 0 fully saturated rings. The van der Waals surface area contributed by atoms with Crippen LogP contribution in [0.4, 0.5) is 5.69 Å². The predicted octanol–water partition coefficient (Wildman–Crippen LogP) is 2.03. The Morgan fingerprint density at radius 2 is 1.85 bits per heavy atom. The van der Waals surface area contributed by atoms with Gasteiger partial charge in [0.15, 0.2) is 0 Å². The normalized spacial score (nSPS) is 10.7. The first-order valence-corrected chi connectivity index (χ1v) is 6.04. The number of benzene rings is 2. The number of hydrogen-bond acceptors (Lipinski definition) is 4. The Labute approximate surface area is 114 Å². The first-order chi connectivity index (χ1) is 9.66. The fourth-order valence-electron chi connectivity index (χ4n) is 2.01. The summed E-state index contributed by atoms with van der Waals surface area (Å²) in [6.07, 6.45) is 0. The summed E-state index contributed by atoms with van der Waals surface area (Å²) in [7, 11) is 1.84. The number of carboxylic acid groups (broad SMARTS) is 1. The highest BCUT2D eigenvalue weighted by molar-refractivity contribution is 5.88. The molecule has 0 atom stereocenters. The Morgan fingerprint density at radius 1 is 1.15 bits per heavy atom. The van der Waals surface area contributed by atoms with E-state index in [9.17, 15) is 4.79 Å². The fraction of sp³-hybridized carbons (Fsp3) is 0.0714. The lowest BCUT2D eigenvalue weighted by Gasteiger charge is -2.19. The second-order valence-electron chi connectivity index (χ2n) is 4.34. The summed E-state index contributed by atoms with van der Waals surface area (Å²) in [4.78, 5) is 12.5. The van der Waals surface area contributed by atoms with Crippen LogP contribution in [-0.4, -0.2) is 33.2 Å². The minimum Gasteiger partial charge on any atom is -0.478 e. The van der Waals surface area contributed by atoms with Gasteiger partial charge in [0.25, 0.3) is 0 Å². The Bertz CT molecular complexity index is 764. The fourth-order valence-corrected chi connectivity index (χ4v) is 2.01. The van der Waals surface area contributed by atoms with Crippen LogP contribution in [0.5, 0.6) is 0 Å². The molecule has 6 nitrogen and oxygen atoms in total. The number of carboxylic acids is 1. The molecular formula is C14H12N4O2. The first-order valence-electron chi connectivity index (χ1n) is 6.04. The van der Waals surface area contributed by atoms with Gasteiger partial charge in [-0.1, -0.05) is 12.1 Å². The second-order valence-corrected chi connectivity index (χ2v) is 4.34. The molecule has 0 saturated carbocycles. The Morgan fingerprint density at radius 3 is 2.55 bits per heavy atom. The molecule has 2 aromatic carbocycles. The number of fused-ring (bicyclic) bond motifs is 1. The van der Waals surface area contributed by atoms with Gasteiger partial charge in [0.05, 0.1) is 11.3 Å². The maximum absolute atomic E-state index is 10.8. The zero-order chi connectivity index (χ0) is 14.1. The van der Waals surface area contributed by atoms with E-state index in [0.29, 0.717) is 0 Å². The quantitative estimate of drug-likeness (QED) is 0.787. The number of hydrogen-bond donors (Lipinski definition) is 1. The summed E-state index contributed by atoms with van der Waals surface area (Å²) >= 11 is 0. The molecule has 3 aromatic rings. The molecular weight excluding hydrogens is 256 g/mol. The number of nitrogens with zero attached hydrogens (tertiary/aromatic N) is 4. The Hall–Kier alpha value is -2.89. The van der Waals surface area contributed by atoms with Crippen molar-refractivity contribution in [2.45, 2.75) is 0 Å². The molecule has 20 heavy (non-hydrogen) atoms. The average Bonchev–Trinajstić information content (AvgIpc) is 2.90. The molecule has 0 saturated heterocycles. The molecule has 0 aliphatic carbocycles. The molecule has 1 N–H and O–H groups in total. The van der Waals surface area contributed by atoms with Crippen molar-refractivity contribution in [2.75, 3.05) is 12.1 Å². The van der Waals surface area contributed by atoms with Gasteiger partial charge in [0, 0.05) is 7.05 Å². The summed E-state index contributed by atoms with van der Waals surface area (Å²) in [5.41, 5.74) is 2.77. The van der Waals surface area contributed by atoms with Crippen molar-refractivity contribution in [1.29, 1.82) is 0 Å². The summed E-state index contributed by atoms with van der Waals surface area (Å²) in [6, 6.07) is 14.2. The van der Waals surface area contributed by atoms with Gasteiger partial charge in [-0.15, -0.1) is 5.10 Å². The summed E-state index contributed by atoms with van der Waals surface area (Å²) < 4.78 is 0. The lowest BCUT2D eigenvalue weighted by molar-refractivity contribution is 0.0697. The van der Waals surface area contributed by atoms with E-state index in [0.717, 1.165) is 16.7 Å². The first kappa shape index (κ1) is 12.2. The lowest BCUT2D eigenvalue weighted by atomic mass is 10.2. The maximum Gasteiger partial charge on any atom is 0.335 e. The minimum absolute atomic E-state index is 0.255. The molecule has 0 radical (unpaired) electrons. The van der Waals surface area contributed by atoms with Crippen molar-refractivity contribution in [3.8, 4) is 0 Å². The largest absolute Gasteiger partial charge is 0.478 e. The van der Waals surface area contributed by atoms with Crippen LogP contribution in [0.25, 0.3) is 11.0 Å². The summed E-state index contributed by atoms with van der Waals surface area (Å²) in [5, 5.41) is 18.9. The molecule has 0 aliphatic heterocycles.